The van der Waals surface area contributed by atoms with Crippen LogP contribution in [-0.4, -0.2) is 40.6 Å². The number of aromatic nitrogens is 3. The highest BCUT2D eigenvalue weighted by molar-refractivity contribution is 5.80. The molecule has 190 valence electrons. The Hall–Kier alpha value is -4.20. The van der Waals surface area contributed by atoms with Crippen molar-refractivity contribution in [1.82, 2.24) is 19.9 Å². The van der Waals surface area contributed by atoms with Crippen molar-refractivity contribution in [2.45, 2.75) is 32.9 Å². The number of nitrogens with one attached hydrogen (secondary N) is 1. The second-order valence-corrected chi connectivity index (χ2v) is 9.47. The fourth-order valence-electron chi connectivity index (χ4n) is 4.85. The molecule has 8 nitrogen and oxygen atoms in total. The summed E-state index contributed by atoms with van der Waals surface area (Å²) in [6.07, 6.45) is 3.25. The summed E-state index contributed by atoms with van der Waals surface area (Å²) in [5, 5.41) is 3.05. The largest absolute Gasteiger partial charge is 0.496 e. The van der Waals surface area contributed by atoms with Crippen LogP contribution in [0.5, 0.6) is 5.75 Å². The molecule has 1 aliphatic heterocycles. The first-order valence-corrected chi connectivity index (χ1v) is 12.6. The number of rotatable bonds is 7. The van der Waals surface area contributed by atoms with Gasteiger partial charge in [0.05, 0.1) is 19.6 Å². The Morgan fingerprint density at radius 2 is 1.92 bits per heavy atom. The van der Waals surface area contributed by atoms with Crippen molar-refractivity contribution in [2.75, 3.05) is 25.1 Å². The lowest BCUT2D eigenvalue weighted by molar-refractivity contribution is -0.125. The van der Waals surface area contributed by atoms with Crippen LogP contribution in [0.2, 0.25) is 0 Å². The van der Waals surface area contributed by atoms with Gasteiger partial charge in [-0.3, -0.25) is 14.2 Å². The van der Waals surface area contributed by atoms with E-state index >= 15 is 0 Å². The van der Waals surface area contributed by atoms with E-state index in [0.29, 0.717) is 43.2 Å². The molecular weight excluding hydrogens is 466 g/mol. The van der Waals surface area contributed by atoms with Crippen molar-refractivity contribution >= 4 is 22.9 Å². The molecule has 0 aliphatic carbocycles. The van der Waals surface area contributed by atoms with Crippen LogP contribution < -0.4 is 20.5 Å². The number of carbonyl (C=O) groups is 1. The van der Waals surface area contributed by atoms with E-state index in [9.17, 15) is 9.59 Å². The van der Waals surface area contributed by atoms with E-state index in [4.69, 9.17) is 9.72 Å². The number of piperidine rings is 1. The first-order chi connectivity index (χ1) is 18.0. The molecule has 2 aromatic heterocycles. The minimum absolute atomic E-state index is 0.0296. The van der Waals surface area contributed by atoms with Gasteiger partial charge in [-0.15, -0.1) is 0 Å². The Morgan fingerprint density at radius 3 is 2.73 bits per heavy atom. The van der Waals surface area contributed by atoms with E-state index in [2.05, 4.69) is 10.3 Å². The number of carbonyl (C=O) groups excluding carboxylic acids is 1. The zero-order valence-corrected chi connectivity index (χ0v) is 21.2. The van der Waals surface area contributed by atoms with Crippen LogP contribution in [0, 0.1) is 12.8 Å². The van der Waals surface area contributed by atoms with Crippen molar-refractivity contribution in [1.29, 1.82) is 0 Å². The van der Waals surface area contributed by atoms with E-state index < -0.39 is 0 Å². The lowest BCUT2D eigenvalue weighted by Gasteiger charge is -2.32. The van der Waals surface area contributed by atoms with Crippen molar-refractivity contribution < 1.29 is 9.53 Å². The van der Waals surface area contributed by atoms with E-state index in [1.54, 1.807) is 17.9 Å². The van der Waals surface area contributed by atoms with Gasteiger partial charge >= 0.3 is 0 Å². The third kappa shape index (κ3) is 5.33. The minimum atomic E-state index is -0.236. The van der Waals surface area contributed by atoms with Crippen LogP contribution in [0.3, 0.4) is 0 Å². The van der Waals surface area contributed by atoms with Gasteiger partial charge in [-0.2, -0.15) is 0 Å². The summed E-state index contributed by atoms with van der Waals surface area (Å²) >= 11 is 0. The first-order valence-electron chi connectivity index (χ1n) is 12.6. The smallest absolute Gasteiger partial charge is 0.295 e. The number of anilines is 1. The predicted octanol–water partition coefficient (Wildman–Crippen LogP) is 3.69. The number of ether oxygens (including phenoxy) is 1. The van der Waals surface area contributed by atoms with E-state index in [1.807, 2.05) is 72.5 Å². The molecule has 1 atom stereocenters. The van der Waals surface area contributed by atoms with Gasteiger partial charge in [-0.25, -0.2) is 9.97 Å². The summed E-state index contributed by atoms with van der Waals surface area (Å²) in [5.74, 6) is 0.851. The lowest BCUT2D eigenvalue weighted by Crippen LogP contribution is -2.45. The predicted molar refractivity (Wildman–Crippen MR) is 144 cm³/mol. The Labute approximate surface area is 215 Å². The van der Waals surface area contributed by atoms with Crippen LogP contribution >= 0.6 is 0 Å². The lowest BCUT2D eigenvalue weighted by atomic mass is 9.97. The summed E-state index contributed by atoms with van der Waals surface area (Å²) in [5.41, 5.74) is 4.13. The summed E-state index contributed by atoms with van der Waals surface area (Å²) in [6, 6.07) is 19.5. The SMILES string of the molecule is COc1ccccc1CNC(=O)[C@H]1CCCN(c2nc3cccnc3n(Cc3ccc(C)cc3)c2=O)C1. The number of benzene rings is 2. The minimum Gasteiger partial charge on any atom is -0.496 e. The van der Waals surface area contributed by atoms with Gasteiger partial charge < -0.3 is 15.0 Å². The molecule has 37 heavy (non-hydrogen) atoms. The van der Waals surface area contributed by atoms with Crippen LogP contribution in [0.15, 0.2) is 71.7 Å². The fourth-order valence-corrected chi connectivity index (χ4v) is 4.85. The van der Waals surface area contributed by atoms with Gasteiger partial charge in [0, 0.05) is 31.4 Å². The standard InChI is InChI=1S/C29H31N5O3/c1-20-11-13-21(14-12-20)18-34-26-24(9-5-15-30-26)32-27(29(34)36)33-16-6-8-23(19-33)28(35)31-17-22-7-3-4-10-25(22)37-2/h3-5,7,9-15,23H,6,8,16-19H2,1-2H3,(H,31,35)/t23-/m0/s1. The van der Waals surface area contributed by atoms with E-state index in [1.165, 1.54) is 0 Å². The molecule has 0 spiro atoms. The molecule has 1 fully saturated rings. The normalized spacial score (nSPS) is 15.5. The number of para-hydroxylation sites is 1. The van der Waals surface area contributed by atoms with Gasteiger partial charge in [-0.1, -0.05) is 48.0 Å². The highest BCUT2D eigenvalue weighted by Gasteiger charge is 2.29. The van der Waals surface area contributed by atoms with Crippen molar-refractivity contribution in [2.24, 2.45) is 5.92 Å². The Balaban J connectivity index is 1.38. The molecule has 0 bridgehead atoms. The highest BCUT2D eigenvalue weighted by Crippen LogP contribution is 2.23. The summed E-state index contributed by atoms with van der Waals surface area (Å²) in [4.78, 5) is 37.9. The van der Waals surface area contributed by atoms with Crippen LogP contribution in [0.25, 0.3) is 11.2 Å². The Morgan fingerprint density at radius 1 is 1.11 bits per heavy atom. The third-order valence-electron chi connectivity index (χ3n) is 6.88. The van der Waals surface area contributed by atoms with Crippen molar-refractivity contribution in [3.05, 3.63) is 93.9 Å². The Bertz CT molecular complexity index is 1460. The van der Waals surface area contributed by atoms with Crippen LogP contribution in [-0.2, 0) is 17.9 Å². The number of nitrogens with zero attached hydrogens (tertiary/aromatic N) is 4. The van der Waals surface area contributed by atoms with Gasteiger partial charge in [0.1, 0.15) is 11.3 Å². The quantitative estimate of drug-likeness (QED) is 0.419. The molecule has 1 amide bonds. The summed E-state index contributed by atoms with van der Waals surface area (Å²) in [6.45, 7) is 3.95. The molecule has 0 unspecified atom stereocenters. The topological polar surface area (TPSA) is 89.3 Å². The molecule has 1 N–H and O–H groups in total. The van der Waals surface area contributed by atoms with Crippen molar-refractivity contribution in [3.63, 3.8) is 0 Å². The second-order valence-electron chi connectivity index (χ2n) is 9.47. The average molecular weight is 498 g/mol. The van der Waals surface area contributed by atoms with Crippen LogP contribution in [0.4, 0.5) is 5.82 Å². The fraction of sp³-hybridized carbons (Fsp3) is 0.310. The second kappa shape index (κ2) is 10.8. The molecule has 1 saturated heterocycles. The van der Waals surface area contributed by atoms with Crippen molar-refractivity contribution in [3.8, 4) is 5.75 Å². The number of pyridine rings is 1. The average Bonchev–Trinajstić information content (AvgIpc) is 2.94. The molecule has 0 saturated carbocycles. The summed E-state index contributed by atoms with van der Waals surface area (Å²) < 4.78 is 7.08. The number of aryl methyl sites for hydroxylation is 1. The molecule has 0 radical (unpaired) electrons. The summed E-state index contributed by atoms with van der Waals surface area (Å²) in [7, 11) is 1.62. The number of hydrogen-bond acceptors (Lipinski definition) is 6. The first kappa shape index (κ1) is 24.5. The molecular formula is C29H31N5O3. The monoisotopic (exact) mass is 497 g/mol. The van der Waals surface area contributed by atoms with Gasteiger partial charge in [0.15, 0.2) is 11.5 Å². The zero-order chi connectivity index (χ0) is 25.8. The number of methoxy groups -OCH3 is 1. The molecule has 4 aromatic rings. The highest BCUT2D eigenvalue weighted by atomic mass is 16.5. The van der Waals surface area contributed by atoms with Gasteiger partial charge in [0.25, 0.3) is 5.56 Å². The molecule has 2 aromatic carbocycles. The zero-order valence-electron chi connectivity index (χ0n) is 21.2. The maximum atomic E-state index is 13.7. The Kier molecular flexibility index (Phi) is 7.16. The number of hydrogen-bond donors (Lipinski definition) is 1. The molecule has 8 heteroatoms. The van der Waals surface area contributed by atoms with Crippen LogP contribution in [0.1, 0.15) is 29.5 Å². The number of amides is 1. The van der Waals surface area contributed by atoms with E-state index in [-0.39, 0.29) is 17.4 Å². The molecule has 1 aliphatic rings. The van der Waals surface area contributed by atoms with Gasteiger partial charge in [0.2, 0.25) is 5.91 Å². The number of fused-ring (bicyclic) bond motifs is 1. The maximum Gasteiger partial charge on any atom is 0.295 e. The third-order valence-corrected chi connectivity index (χ3v) is 6.88. The molecule has 3 heterocycles. The van der Waals surface area contributed by atoms with Gasteiger partial charge in [-0.05, 0) is 43.5 Å². The maximum absolute atomic E-state index is 13.7. The molecule has 5 rings (SSSR count). The van der Waals surface area contributed by atoms with E-state index in [0.717, 1.165) is 35.3 Å².